The van der Waals surface area contributed by atoms with Gasteiger partial charge in [0.2, 0.25) is 0 Å². The van der Waals surface area contributed by atoms with Crippen molar-refractivity contribution in [3.05, 3.63) is 35.9 Å². The van der Waals surface area contributed by atoms with Crippen LogP contribution in [0.15, 0.2) is 30.3 Å². The van der Waals surface area contributed by atoms with E-state index in [2.05, 4.69) is 10.8 Å². The Morgan fingerprint density at radius 2 is 1.86 bits per heavy atom. The van der Waals surface area contributed by atoms with Gasteiger partial charge in [0.1, 0.15) is 0 Å². The van der Waals surface area contributed by atoms with Crippen LogP contribution in [0.4, 0.5) is 0 Å². The highest BCUT2D eigenvalue weighted by Crippen LogP contribution is 2.03. The fourth-order valence-corrected chi connectivity index (χ4v) is 1.70. The summed E-state index contributed by atoms with van der Waals surface area (Å²) < 4.78 is 0. The van der Waals surface area contributed by atoms with E-state index in [-0.39, 0.29) is 11.8 Å². The summed E-state index contributed by atoms with van der Waals surface area (Å²) >= 11 is 0. The molecule has 0 radical (unpaired) electrons. The maximum absolute atomic E-state index is 12.0. The molecule has 1 atom stereocenters. The summed E-state index contributed by atoms with van der Waals surface area (Å²) in [5.41, 5.74) is 2.85. The smallest absolute Gasteiger partial charge is 0.274 e. The molecule has 0 aliphatic carbocycles. The third kappa shape index (κ3) is 6.40. The Bertz CT molecular complexity index is 446. The molecule has 0 saturated heterocycles. The molecule has 0 fully saturated rings. The van der Waals surface area contributed by atoms with E-state index in [4.69, 9.17) is 4.84 Å². The molecule has 1 aromatic carbocycles. The van der Waals surface area contributed by atoms with Gasteiger partial charge in [0.15, 0.2) is 6.10 Å². The molecule has 0 saturated carbocycles. The van der Waals surface area contributed by atoms with E-state index in [0.717, 1.165) is 6.42 Å². The number of hydroxylamine groups is 1. The first-order chi connectivity index (χ1) is 10.0. The molecule has 0 unspecified atom stereocenters. The van der Waals surface area contributed by atoms with Gasteiger partial charge in [-0.2, -0.15) is 0 Å². The summed E-state index contributed by atoms with van der Waals surface area (Å²) in [4.78, 5) is 29.2. The summed E-state index contributed by atoms with van der Waals surface area (Å²) in [6, 6.07) is 8.75. The molecule has 5 nitrogen and oxygen atoms in total. The van der Waals surface area contributed by atoms with Crippen molar-refractivity contribution in [1.82, 2.24) is 10.8 Å². The number of benzene rings is 1. The van der Waals surface area contributed by atoms with Gasteiger partial charge in [-0.05, 0) is 24.5 Å². The van der Waals surface area contributed by atoms with Gasteiger partial charge in [-0.25, -0.2) is 5.48 Å². The Kier molecular flexibility index (Phi) is 7.46. The molecule has 0 aliphatic heterocycles. The average molecular weight is 292 g/mol. The predicted molar refractivity (Wildman–Crippen MR) is 81.5 cm³/mol. The van der Waals surface area contributed by atoms with Crippen molar-refractivity contribution < 1.29 is 14.4 Å². The fourth-order valence-electron chi connectivity index (χ4n) is 1.70. The first-order valence-electron chi connectivity index (χ1n) is 7.33. The van der Waals surface area contributed by atoms with Gasteiger partial charge in [-0.1, -0.05) is 45.4 Å². The summed E-state index contributed by atoms with van der Waals surface area (Å²) in [5.74, 6) is -0.178. The SMILES string of the molecule is CCC[C@@H](ONC(=O)c1ccccc1)C(=O)NCC(C)C. The van der Waals surface area contributed by atoms with E-state index in [0.29, 0.717) is 24.4 Å². The molecule has 2 N–H and O–H groups in total. The van der Waals surface area contributed by atoms with Crippen molar-refractivity contribution in [2.75, 3.05) is 6.54 Å². The Balaban J connectivity index is 2.50. The third-order valence-electron chi connectivity index (χ3n) is 2.86. The highest BCUT2D eigenvalue weighted by molar-refractivity contribution is 5.93. The molecule has 0 bridgehead atoms. The molecular weight excluding hydrogens is 268 g/mol. The summed E-state index contributed by atoms with van der Waals surface area (Å²) in [7, 11) is 0. The molecule has 5 heteroatoms. The minimum Gasteiger partial charge on any atom is -0.354 e. The van der Waals surface area contributed by atoms with Gasteiger partial charge in [0, 0.05) is 12.1 Å². The first kappa shape index (κ1) is 17.2. The number of hydrogen-bond acceptors (Lipinski definition) is 3. The minimum atomic E-state index is -0.665. The Labute approximate surface area is 126 Å². The van der Waals surface area contributed by atoms with Crippen LogP contribution in [-0.4, -0.2) is 24.5 Å². The van der Waals surface area contributed by atoms with Gasteiger partial charge in [-0.3, -0.25) is 14.4 Å². The van der Waals surface area contributed by atoms with Crippen molar-refractivity contribution in [1.29, 1.82) is 0 Å². The van der Waals surface area contributed by atoms with E-state index in [1.165, 1.54) is 0 Å². The van der Waals surface area contributed by atoms with Crippen molar-refractivity contribution in [2.45, 2.75) is 39.7 Å². The van der Waals surface area contributed by atoms with Crippen LogP contribution in [0.1, 0.15) is 44.0 Å². The second-order valence-electron chi connectivity index (χ2n) is 5.33. The quantitative estimate of drug-likeness (QED) is 0.722. The molecule has 0 aromatic heterocycles. The fraction of sp³-hybridized carbons (Fsp3) is 0.500. The number of amides is 2. The number of carbonyl (C=O) groups is 2. The molecule has 21 heavy (non-hydrogen) atoms. The lowest BCUT2D eigenvalue weighted by molar-refractivity contribution is -0.137. The predicted octanol–water partition coefficient (Wildman–Crippen LogP) is 2.29. The third-order valence-corrected chi connectivity index (χ3v) is 2.86. The molecule has 116 valence electrons. The molecule has 2 amide bonds. The Morgan fingerprint density at radius 3 is 2.43 bits per heavy atom. The molecule has 0 aliphatic rings. The maximum atomic E-state index is 12.0. The van der Waals surface area contributed by atoms with Crippen molar-refractivity contribution in [3.8, 4) is 0 Å². The number of rotatable bonds is 8. The molecule has 1 aromatic rings. The van der Waals surface area contributed by atoms with Crippen LogP contribution in [0.2, 0.25) is 0 Å². The van der Waals surface area contributed by atoms with Crippen LogP contribution < -0.4 is 10.8 Å². The Hall–Kier alpha value is -1.88. The molecule has 0 heterocycles. The zero-order valence-electron chi connectivity index (χ0n) is 12.9. The topological polar surface area (TPSA) is 67.4 Å². The molecular formula is C16H24N2O3. The van der Waals surface area contributed by atoms with E-state index in [1.807, 2.05) is 26.8 Å². The van der Waals surface area contributed by atoms with Crippen LogP contribution >= 0.6 is 0 Å². The molecule has 0 spiro atoms. The highest BCUT2D eigenvalue weighted by Gasteiger charge is 2.20. The van der Waals surface area contributed by atoms with Crippen LogP contribution in [0, 0.1) is 5.92 Å². The lowest BCUT2D eigenvalue weighted by atomic mass is 10.2. The van der Waals surface area contributed by atoms with E-state index in [9.17, 15) is 9.59 Å². The number of carbonyl (C=O) groups excluding carboxylic acids is 2. The first-order valence-corrected chi connectivity index (χ1v) is 7.33. The van der Waals surface area contributed by atoms with Crippen LogP contribution in [0.3, 0.4) is 0 Å². The largest absolute Gasteiger partial charge is 0.354 e. The van der Waals surface area contributed by atoms with Gasteiger partial charge in [-0.15, -0.1) is 0 Å². The lowest BCUT2D eigenvalue weighted by Gasteiger charge is -2.17. The monoisotopic (exact) mass is 292 g/mol. The average Bonchev–Trinajstić information content (AvgIpc) is 2.49. The van der Waals surface area contributed by atoms with E-state index >= 15 is 0 Å². The zero-order valence-corrected chi connectivity index (χ0v) is 12.9. The Morgan fingerprint density at radius 1 is 1.19 bits per heavy atom. The van der Waals surface area contributed by atoms with Gasteiger partial charge in [0.05, 0.1) is 0 Å². The second-order valence-corrected chi connectivity index (χ2v) is 5.33. The number of nitrogens with one attached hydrogen (secondary N) is 2. The van der Waals surface area contributed by atoms with Crippen molar-refractivity contribution in [3.63, 3.8) is 0 Å². The standard InChI is InChI=1S/C16H24N2O3/c1-4-8-14(16(20)17-11-12(2)3)21-18-15(19)13-9-6-5-7-10-13/h5-7,9-10,12,14H,4,8,11H2,1-3H3,(H,17,20)(H,18,19)/t14-/m1/s1. The van der Waals surface area contributed by atoms with Crippen molar-refractivity contribution >= 4 is 11.8 Å². The van der Waals surface area contributed by atoms with E-state index in [1.54, 1.807) is 24.3 Å². The van der Waals surface area contributed by atoms with Crippen LogP contribution in [0.25, 0.3) is 0 Å². The van der Waals surface area contributed by atoms with Gasteiger partial charge >= 0.3 is 0 Å². The highest BCUT2D eigenvalue weighted by atomic mass is 16.7. The zero-order chi connectivity index (χ0) is 15.7. The summed E-state index contributed by atoms with van der Waals surface area (Å²) in [5, 5.41) is 2.82. The van der Waals surface area contributed by atoms with Crippen LogP contribution in [0.5, 0.6) is 0 Å². The van der Waals surface area contributed by atoms with Crippen LogP contribution in [-0.2, 0) is 9.63 Å². The number of hydrogen-bond donors (Lipinski definition) is 2. The normalized spacial score (nSPS) is 12.0. The second kappa shape index (κ2) is 9.13. The van der Waals surface area contributed by atoms with Gasteiger partial charge in [0.25, 0.3) is 11.8 Å². The van der Waals surface area contributed by atoms with Crippen molar-refractivity contribution in [2.24, 2.45) is 5.92 Å². The molecule has 1 rings (SSSR count). The minimum absolute atomic E-state index is 0.195. The summed E-state index contributed by atoms with van der Waals surface area (Å²) in [6.45, 7) is 6.60. The van der Waals surface area contributed by atoms with Gasteiger partial charge < -0.3 is 5.32 Å². The van der Waals surface area contributed by atoms with E-state index < -0.39 is 6.10 Å². The lowest BCUT2D eigenvalue weighted by Crippen LogP contribution is -2.42. The summed E-state index contributed by atoms with van der Waals surface area (Å²) in [6.07, 6.45) is 0.682. The maximum Gasteiger partial charge on any atom is 0.274 e.